The van der Waals surface area contributed by atoms with Crippen LogP contribution >= 0.6 is 0 Å². The van der Waals surface area contributed by atoms with Gasteiger partial charge in [0.2, 0.25) is 5.91 Å². The number of aryl methyl sites for hydroxylation is 1. The molecule has 0 aromatic heterocycles. The molecule has 0 aliphatic carbocycles. The Kier molecular flexibility index (Phi) is 2.92. The van der Waals surface area contributed by atoms with Crippen LogP contribution in [0.2, 0.25) is 0 Å². The number of rotatable bonds is 1. The number of nitrogens with one attached hydrogen (secondary N) is 1. The van der Waals surface area contributed by atoms with Crippen molar-refractivity contribution in [1.82, 2.24) is 5.32 Å². The highest BCUT2D eigenvalue weighted by atomic mass is 19.1. The van der Waals surface area contributed by atoms with Gasteiger partial charge in [-0.2, -0.15) is 0 Å². The largest absolute Gasteiger partial charge is 0.348 e. The normalized spacial score (nSPS) is 25.3. The van der Waals surface area contributed by atoms with Crippen molar-refractivity contribution in [2.45, 2.75) is 31.8 Å². The van der Waals surface area contributed by atoms with E-state index in [-0.39, 0.29) is 23.8 Å². The minimum absolute atomic E-state index is 0.0207. The van der Waals surface area contributed by atoms with Gasteiger partial charge in [0, 0.05) is 12.5 Å². The zero-order chi connectivity index (χ0) is 11.7. The second-order valence-electron chi connectivity index (χ2n) is 4.26. The molecule has 1 aliphatic heterocycles. The van der Waals surface area contributed by atoms with Gasteiger partial charge >= 0.3 is 0 Å². The number of amides is 1. The Morgan fingerprint density at radius 1 is 1.50 bits per heavy atom. The number of hydrogen-bond donors (Lipinski definition) is 2. The Labute approximate surface area is 93.8 Å². The summed E-state index contributed by atoms with van der Waals surface area (Å²) in [4.78, 5) is 11.3. The number of benzene rings is 1. The van der Waals surface area contributed by atoms with Crippen molar-refractivity contribution in [2.75, 3.05) is 0 Å². The van der Waals surface area contributed by atoms with Crippen molar-refractivity contribution in [2.24, 2.45) is 5.73 Å². The van der Waals surface area contributed by atoms with E-state index in [1.165, 1.54) is 6.07 Å². The van der Waals surface area contributed by atoms with Gasteiger partial charge in [-0.1, -0.05) is 12.1 Å². The monoisotopic (exact) mass is 222 g/mol. The smallest absolute Gasteiger partial charge is 0.220 e. The topological polar surface area (TPSA) is 55.1 Å². The molecule has 0 spiro atoms. The highest BCUT2D eigenvalue weighted by Crippen LogP contribution is 2.24. The molecule has 16 heavy (non-hydrogen) atoms. The Hall–Kier alpha value is -1.42. The summed E-state index contributed by atoms with van der Waals surface area (Å²) < 4.78 is 13.4. The summed E-state index contributed by atoms with van der Waals surface area (Å²) >= 11 is 0. The van der Waals surface area contributed by atoms with Crippen LogP contribution in [0.4, 0.5) is 4.39 Å². The molecule has 1 heterocycles. The van der Waals surface area contributed by atoms with Gasteiger partial charge in [0.05, 0.1) is 6.04 Å². The van der Waals surface area contributed by atoms with E-state index in [1.54, 1.807) is 13.0 Å². The number of piperidine rings is 1. The van der Waals surface area contributed by atoms with Gasteiger partial charge < -0.3 is 11.1 Å². The SMILES string of the molecule is Cc1ccc(C2NC(=O)CCC2N)cc1F. The second-order valence-corrected chi connectivity index (χ2v) is 4.26. The quantitative estimate of drug-likeness (QED) is 0.755. The van der Waals surface area contributed by atoms with Crippen molar-refractivity contribution < 1.29 is 9.18 Å². The number of halogens is 1. The fourth-order valence-electron chi connectivity index (χ4n) is 1.95. The fraction of sp³-hybridized carbons (Fsp3) is 0.417. The number of carbonyl (C=O) groups is 1. The summed E-state index contributed by atoms with van der Waals surface area (Å²) in [5.74, 6) is -0.280. The van der Waals surface area contributed by atoms with Crippen LogP contribution in [0.1, 0.15) is 30.0 Å². The van der Waals surface area contributed by atoms with Gasteiger partial charge in [-0.25, -0.2) is 4.39 Å². The lowest BCUT2D eigenvalue weighted by molar-refractivity contribution is -0.123. The maximum atomic E-state index is 13.4. The van der Waals surface area contributed by atoms with Crippen molar-refractivity contribution in [3.05, 3.63) is 35.1 Å². The zero-order valence-corrected chi connectivity index (χ0v) is 9.16. The third-order valence-corrected chi connectivity index (χ3v) is 3.00. The molecule has 1 amide bonds. The average molecular weight is 222 g/mol. The summed E-state index contributed by atoms with van der Waals surface area (Å²) in [5.41, 5.74) is 7.26. The summed E-state index contributed by atoms with van der Waals surface area (Å²) in [6.07, 6.45) is 1.10. The van der Waals surface area contributed by atoms with Crippen LogP contribution in [-0.4, -0.2) is 11.9 Å². The predicted molar refractivity (Wildman–Crippen MR) is 59.2 cm³/mol. The molecule has 0 saturated carbocycles. The van der Waals surface area contributed by atoms with Gasteiger partial charge in [-0.05, 0) is 30.5 Å². The zero-order valence-electron chi connectivity index (χ0n) is 9.16. The Morgan fingerprint density at radius 2 is 2.25 bits per heavy atom. The first-order valence-electron chi connectivity index (χ1n) is 5.39. The molecule has 1 saturated heterocycles. The minimum atomic E-state index is -0.267. The van der Waals surface area contributed by atoms with Crippen LogP contribution in [0.3, 0.4) is 0 Å². The van der Waals surface area contributed by atoms with Gasteiger partial charge in [0.25, 0.3) is 0 Å². The van der Waals surface area contributed by atoms with E-state index in [2.05, 4.69) is 5.32 Å². The highest BCUT2D eigenvalue weighted by molar-refractivity contribution is 5.77. The van der Waals surface area contributed by atoms with E-state index in [0.29, 0.717) is 18.4 Å². The van der Waals surface area contributed by atoms with Gasteiger partial charge in [0.15, 0.2) is 0 Å². The van der Waals surface area contributed by atoms with Crippen molar-refractivity contribution in [3.8, 4) is 0 Å². The Bertz CT molecular complexity index is 419. The van der Waals surface area contributed by atoms with Gasteiger partial charge in [0.1, 0.15) is 5.82 Å². The first kappa shape index (κ1) is 11.1. The van der Waals surface area contributed by atoms with E-state index in [0.717, 1.165) is 5.56 Å². The first-order chi connectivity index (χ1) is 7.58. The van der Waals surface area contributed by atoms with Crippen LogP contribution in [0.15, 0.2) is 18.2 Å². The average Bonchev–Trinajstić information content (AvgIpc) is 2.26. The highest BCUT2D eigenvalue weighted by Gasteiger charge is 2.27. The molecule has 3 nitrogen and oxygen atoms in total. The van der Waals surface area contributed by atoms with E-state index < -0.39 is 0 Å². The van der Waals surface area contributed by atoms with E-state index in [9.17, 15) is 9.18 Å². The summed E-state index contributed by atoms with van der Waals surface area (Å²) in [5, 5.41) is 2.80. The van der Waals surface area contributed by atoms with Crippen LogP contribution in [-0.2, 0) is 4.79 Å². The second kappa shape index (κ2) is 4.22. The third-order valence-electron chi connectivity index (χ3n) is 3.00. The predicted octanol–water partition coefficient (Wildman–Crippen LogP) is 1.41. The van der Waals surface area contributed by atoms with E-state index in [1.807, 2.05) is 6.07 Å². The van der Waals surface area contributed by atoms with Crippen LogP contribution in [0, 0.1) is 12.7 Å². The number of nitrogens with two attached hydrogens (primary N) is 1. The van der Waals surface area contributed by atoms with E-state index in [4.69, 9.17) is 5.73 Å². The molecule has 1 aromatic rings. The van der Waals surface area contributed by atoms with Crippen molar-refractivity contribution >= 4 is 5.91 Å². The maximum Gasteiger partial charge on any atom is 0.220 e. The van der Waals surface area contributed by atoms with Crippen LogP contribution in [0.5, 0.6) is 0 Å². The van der Waals surface area contributed by atoms with Crippen molar-refractivity contribution in [1.29, 1.82) is 0 Å². The Balaban J connectivity index is 2.28. The molecule has 1 aromatic carbocycles. The summed E-state index contributed by atoms with van der Waals surface area (Å²) in [6.45, 7) is 1.71. The van der Waals surface area contributed by atoms with Gasteiger partial charge in [-0.3, -0.25) is 4.79 Å². The van der Waals surface area contributed by atoms with Gasteiger partial charge in [-0.15, -0.1) is 0 Å². The van der Waals surface area contributed by atoms with E-state index >= 15 is 0 Å². The molecule has 3 N–H and O–H groups in total. The molecule has 1 fully saturated rings. The molecule has 2 rings (SSSR count). The molecular formula is C12H15FN2O. The molecule has 2 unspecified atom stereocenters. The lowest BCUT2D eigenvalue weighted by Crippen LogP contribution is -2.45. The minimum Gasteiger partial charge on any atom is -0.348 e. The number of carbonyl (C=O) groups excluding carboxylic acids is 1. The molecule has 4 heteroatoms. The molecule has 0 radical (unpaired) electrons. The molecule has 1 aliphatic rings. The molecular weight excluding hydrogens is 207 g/mol. The lowest BCUT2D eigenvalue weighted by atomic mass is 9.92. The molecule has 0 bridgehead atoms. The van der Waals surface area contributed by atoms with Crippen molar-refractivity contribution in [3.63, 3.8) is 0 Å². The lowest BCUT2D eigenvalue weighted by Gasteiger charge is -2.30. The molecule has 2 atom stereocenters. The summed E-state index contributed by atoms with van der Waals surface area (Å²) in [7, 11) is 0. The standard InChI is InChI=1S/C12H15FN2O/c1-7-2-3-8(6-9(7)13)12-10(14)4-5-11(16)15-12/h2-3,6,10,12H,4-5,14H2,1H3,(H,15,16). The summed E-state index contributed by atoms with van der Waals surface area (Å²) in [6, 6.07) is 4.56. The third kappa shape index (κ3) is 2.07. The Morgan fingerprint density at radius 3 is 2.94 bits per heavy atom. The maximum absolute atomic E-state index is 13.4. The first-order valence-corrected chi connectivity index (χ1v) is 5.39. The van der Waals surface area contributed by atoms with Crippen LogP contribution in [0.25, 0.3) is 0 Å². The fourth-order valence-corrected chi connectivity index (χ4v) is 1.95. The van der Waals surface area contributed by atoms with Crippen LogP contribution < -0.4 is 11.1 Å². The molecule has 86 valence electrons. The number of hydrogen-bond acceptors (Lipinski definition) is 2.